The van der Waals surface area contributed by atoms with Crippen LogP contribution in [0.2, 0.25) is 0 Å². The van der Waals surface area contributed by atoms with E-state index >= 15 is 0 Å². The van der Waals surface area contributed by atoms with Crippen LogP contribution in [0.25, 0.3) is 0 Å². The molecule has 0 radical (unpaired) electrons. The van der Waals surface area contributed by atoms with Gasteiger partial charge in [-0.25, -0.2) is 0 Å². The Balaban J connectivity index is 2.76. The van der Waals surface area contributed by atoms with Gasteiger partial charge in [0, 0.05) is 13.2 Å². The van der Waals surface area contributed by atoms with Gasteiger partial charge in [0.25, 0.3) is 0 Å². The van der Waals surface area contributed by atoms with Crippen LogP contribution < -0.4 is 0 Å². The van der Waals surface area contributed by atoms with E-state index in [1.807, 2.05) is 7.05 Å². The third kappa shape index (κ3) is 1.61. The Hall–Kier alpha value is -1.27. The number of aromatic nitrogens is 2. The second-order valence-electron chi connectivity index (χ2n) is 1.83. The Kier molecular flexibility index (Phi) is 2.08. The van der Waals surface area contributed by atoms with Crippen molar-refractivity contribution in [1.82, 2.24) is 9.78 Å². The Labute approximate surface area is 59.3 Å². The molecule has 0 amide bonds. The maximum Gasteiger partial charge on any atom is 0.135 e. The zero-order chi connectivity index (χ0) is 7.40. The first-order valence-corrected chi connectivity index (χ1v) is 2.92. The van der Waals surface area contributed by atoms with Gasteiger partial charge in [-0.05, 0) is 12.0 Å². The van der Waals surface area contributed by atoms with E-state index in [9.17, 15) is 0 Å². The predicted octanol–water partition coefficient (Wildman–Crippen LogP) is -0.236. The smallest absolute Gasteiger partial charge is 0.135 e. The van der Waals surface area contributed by atoms with Crippen LogP contribution in [-0.4, -0.2) is 21.5 Å². The first kappa shape index (κ1) is 6.84. The molecule has 0 saturated carbocycles. The lowest BCUT2D eigenvalue weighted by molar-refractivity contribution is 0.350. The highest BCUT2D eigenvalue weighted by atomic mass is 16.2. The molecule has 3 heteroatoms. The van der Waals surface area contributed by atoms with Gasteiger partial charge in [-0.15, -0.1) is 0 Å². The molecular formula is C7H8N2O. The van der Waals surface area contributed by atoms with E-state index in [2.05, 4.69) is 16.9 Å². The average Bonchev–Trinajstić information content (AvgIpc) is 2.31. The standard InChI is InChI=1S/C7H8N2O/c1-9-5-4-7(8-9)3-2-6-10/h4-5,10H,6H2,1H3. The monoisotopic (exact) mass is 136 g/mol. The van der Waals surface area contributed by atoms with Gasteiger partial charge >= 0.3 is 0 Å². The molecule has 0 atom stereocenters. The summed E-state index contributed by atoms with van der Waals surface area (Å²) in [5.41, 5.74) is 0.691. The molecule has 1 aromatic heterocycles. The normalized spacial score (nSPS) is 8.60. The van der Waals surface area contributed by atoms with E-state index in [1.54, 1.807) is 16.9 Å². The maximum absolute atomic E-state index is 8.33. The molecule has 0 aliphatic heterocycles. The Morgan fingerprint density at radius 3 is 3.10 bits per heavy atom. The Morgan fingerprint density at radius 1 is 1.80 bits per heavy atom. The summed E-state index contributed by atoms with van der Waals surface area (Å²) in [7, 11) is 1.82. The van der Waals surface area contributed by atoms with E-state index in [0.29, 0.717) is 5.69 Å². The van der Waals surface area contributed by atoms with Crippen LogP contribution in [0.3, 0.4) is 0 Å². The van der Waals surface area contributed by atoms with Gasteiger partial charge in [-0.3, -0.25) is 4.68 Å². The number of aliphatic hydroxyl groups is 1. The van der Waals surface area contributed by atoms with Crippen molar-refractivity contribution in [2.24, 2.45) is 7.05 Å². The van der Waals surface area contributed by atoms with Crippen molar-refractivity contribution in [2.45, 2.75) is 0 Å². The molecule has 0 aliphatic carbocycles. The number of nitrogens with zero attached hydrogens (tertiary/aromatic N) is 2. The van der Waals surface area contributed by atoms with Crippen molar-refractivity contribution >= 4 is 0 Å². The van der Waals surface area contributed by atoms with Gasteiger partial charge in [-0.2, -0.15) is 5.10 Å². The summed E-state index contributed by atoms with van der Waals surface area (Å²) < 4.78 is 1.67. The van der Waals surface area contributed by atoms with Gasteiger partial charge in [0.15, 0.2) is 0 Å². The molecule has 0 saturated heterocycles. The summed E-state index contributed by atoms with van der Waals surface area (Å²) in [5.74, 6) is 5.19. The lowest BCUT2D eigenvalue weighted by Gasteiger charge is -1.80. The van der Waals surface area contributed by atoms with Gasteiger partial charge in [0.2, 0.25) is 0 Å². The first-order valence-electron chi connectivity index (χ1n) is 2.92. The van der Waals surface area contributed by atoms with Crippen LogP contribution in [0.4, 0.5) is 0 Å². The minimum Gasteiger partial charge on any atom is -0.384 e. The number of aliphatic hydroxyl groups excluding tert-OH is 1. The molecule has 0 spiro atoms. The molecule has 0 unspecified atom stereocenters. The fourth-order valence-corrected chi connectivity index (χ4v) is 0.612. The summed E-state index contributed by atoms with van der Waals surface area (Å²) in [4.78, 5) is 0. The molecule has 0 fully saturated rings. The minimum atomic E-state index is -0.115. The van der Waals surface area contributed by atoms with Crippen LogP contribution in [0.15, 0.2) is 12.3 Å². The number of hydrogen-bond donors (Lipinski definition) is 1. The molecule has 10 heavy (non-hydrogen) atoms. The maximum atomic E-state index is 8.33. The van der Waals surface area contributed by atoms with Gasteiger partial charge in [0.1, 0.15) is 12.3 Å². The van der Waals surface area contributed by atoms with Crippen molar-refractivity contribution in [3.8, 4) is 11.8 Å². The summed E-state index contributed by atoms with van der Waals surface area (Å²) in [6, 6.07) is 1.79. The highest BCUT2D eigenvalue weighted by molar-refractivity contribution is 5.25. The summed E-state index contributed by atoms with van der Waals surface area (Å²) >= 11 is 0. The molecule has 1 rings (SSSR count). The molecule has 1 aromatic rings. The van der Waals surface area contributed by atoms with Crippen LogP contribution >= 0.6 is 0 Å². The van der Waals surface area contributed by atoms with Crippen LogP contribution in [0.1, 0.15) is 5.69 Å². The fourth-order valence-electron chi connectivity index (χ4n) is 0.612. The highest BCUT2D eigenvalue weighted by Crippen LogP contribution is 1.88. The van der Waals surface area contributed by atoms with Crippen LogP contribution in [-0.2, 0) is 7.05 Å². The zero-order valence-electron chi connectivity index (χ0n) is 5.70. The fraction of sp³-hybridized carbons (Fsp3) is 0.286. The van der Waals surface area contributed by atoms with Gasteiger partial charge in [0.05, 0.1) is 0 Å². The van der Waals surface area contributed by atoms with Crippen LogP contribution in [0, 0.1) is 11.8 Å². The molecule has 0 bridgehead atoms. The number of hydrogen-bond acceptors (Lipinski definition) is 2. The molecule has 1 heterocycles. The second kappa shape index (κ2) is 3.04. The van der Waals surface area contributed by atoms with E-state index in [-0.39, 0.29) is 6.61 Å². The summed E-state index contributed by atoms with van der Waals surface area (Å²) in [6.45, 7) is -0.115. The quantitative estimate of drug-likeness (QED) is 0.500. The van der Waals surface area contributed by atoms with Crippen molar-refractivity contribution in [3.05, 3.63) is 18.0 Å². The number of aryl methyl sites for hydroxylation is 1. The van der Waals surface area contributed by atoms with Crippen molar-refractivity contribution < 1.29 is 5.11 Å². The van der Waals surface area contributed by atoms with Crippen LogP contribution in [0.5, 0.6) is 0 Å². The lowest BCUT2D eigenvalue weighted by Crippen LogP contribution is -1.87. The molecule has 0 aromatic carbocycles. The zero-order valence-corrected chi connectivity index (χ0v) is 5.70. The molecular weight excluding hydrogens is 128 g/mol. The van der Waals surface area contributed by atoms with E-state index in [1.165, 1.54) is 0 Å². The summed E-state index contributed by atoms with van der Waals surface area (Å²) in [6.07, 6.45) is 1.81. The third-order valence-electron chi connectivity index (χ3n) is 1.01. The second-order valence-corrected chi connectivity index (χ2v) is 1.83. The van der Waals surface area contributed by atoms with Crippen molar-refractivity contribution in [1.29, 1.82) is 0 Å². The predicted molar refractivity (Wildman–Crippen MR) is 37.2 cm³/mol. The van der Waals surface area contributed by atoms with Crippen molar-refractivity contribution in [3.63, 3.8) is 0 Å². The Morgan fingerprint density at radius 2 is 2.60 bits per heavy atom. The van der Waals surface area contributed by atoms with Crippen molar-refractivity contribution in [2.75, 3.05) is 6.61 Å². The van der Waals surface area contributed by atoms with Gasteiger partial charge < -0.3 is 5.11 Å². The Bertz CT molecular complexity index is 267. The topological polar surface area (TPSA) is 38.0 Å². The first-order chi connectivity index (χ1) is 4.83. The van der Waals surface area contributed by atoms with E-state index in [4.69, 9.17) is 5.11 Å². The molecule has 3 nitrogen and oxygen atoms in total. The SMILES string of the molecule is Cn1ccc(C#CCO)n1. The third-order valence-corrected chi connectivity index (χ3v) is 1.01. The molecule has 1 N–H and O–H groups in total. The molecule has 0 aliphatic rings. The number of rotatable bonds is 0. The average molecular weight is 136 g/mol. The van der Waals surface area contributed by atoms with E-state index in [0.717, 1.165) is 0 Å². The van der Waals surface area contributed by atoms with Gasteiger partial charge in [-0.1, -0.05) is 5.92 Å². The lowest BCUT2D eigenvalue weighted by atomic mass is 10.4. The minimum absolute atomic E-state index is 0.115. The highest BCUT2D eigenvalue weighted by Gasteiger charge is 1.87. The summed E-state index contributed by atoms with van der Waals surface area (Å²) in [5, 5.41) is 12.3. The van der Waals surface area contributed by atoms with E-state index < -0.39 is 0 Å². The molecule has 52 valence electrons. The largest absolute Gasteiger partial charge is 0.384 e.